The van der Waals surface area contributed by atoms with E-state index in [2.05, 4.69) is 0 Å². The molecular weight excluding hydrogens is 399 g/mol. The Labute approximate surface area is 163 Å². The van der Waals surface area contributed by atoms with Crippen molar-refractivity contribution in [2.24, 2.45) is 0 Å². The van der Waals surface area contributed by atoms with Crippen molar-refractivity contribution in [3.8, 4) is 11.5 Å². The summed E-state index contributed by atoms with van der Waals surface area (Å²) < 4.78 is 74.1. The highest BCUT2D eigenvalue weighted by Crippen LogP contribution is 2.33. The van der Waals surface area contributed by atoms with Crippen LogP contribution >= 0.6 is 0 Å². The molecule has 0 bridgehead atoms. The van der Waals surface area contributed by atoms with Gasteiger partial charge in [-0.15, -0.1) is 0 Å². The van der Waals surface area contributed by atoms with Crippen LogP contribution in [0.2, 0.25) is 0 Å². The number of rotatable bonds is 7. The number of alkyl halides is 3. The van der Waals surface area contributed by atoms with Gasteiger partial charge in [0.2, 0.25) is 0 Å². The SMILES string of the molecule is Cc1cc(OC(=O)CCCCC(=O)Oc2ccc(F)c(C(F)(F)F)c2)ccc1F. The van der Waals surface area contributed by atoms with Gasteiger partial charge in [0.15, 0.2) is 0 Å². The molecule has 2 rings (SSSR count). The number of hydrogen-bond acceptors (Lipinski definition) is 4. The second-order valence-corrected chi connectivity index (χ2v) is 6.21. The lowest BCUT2D eigenvalue weighted by molar-refractivity contribution is -0.141. The van der Waals surface area contributed by atoms with Crippen molar-refractivity contribution in [1.29, 1.82) is 0 Å². The zero-order valence-electron chi connectivity index (χ0n) is 15.3. The topological polar surface area (TPSA) is 52.6 Å². The minimum absolute atomic E-state index is 0.0154. The van der Waals surface area contributed by atoms with Crippen LogP contribution in [-0.2, 0) is 15.8 Å². The molecule has 0 saturated heterocycles. The highest BCUT2D eigenvalue weighted by atomic mass is 19.4. The Morgan fingerprint density at radius 1 is 0.828 bits per heavy atom. The fourth-order valence-electron chi connectivity index (χ4n) is 2.37. The third-order valence-corrected chi connectivity index (χ3v) is 3.85. The van der Waals surface area contributed by atoms with Crippen molar-refractivity contribution in [1.82, 2.24) is 0 Å². The van der Waals surface area contributed by atoms with E-state index in [-0.39, 0.29) is 31.4 Å². The number of carbonyl (C=O) groups is 2. The normalized spacial score (nSPS) is 11.2. The Kier molecular flexibility index (Phi) is 7.30. The molecule has 156 valence electrons. The van der Waals surface area contributed by atoms with Crippen LogP contribution in [0.3, 0.4) is 0 Å². The van der Waals surface area contributed by atoms with Crippen molar-refractivity contribution >= 4 is 11.9 Å². The summed E-state index contributed by atoms with van der Waals surface area (Å²) in [6, 6.07) is 5.77. The molecule has 0 aliphatic rings. The predicted molar refractivity (Wildman–Crippen MR) is 92.3 cm³/mol. The monoisotopic (exact) mass is 416 g/mol. The average Bonchev–Trinajstić information content (AvgIpc) is 2.62. The number of unbranched alkanes of at least 4 members (excludes halogenated alkanes) is 1. The Balaban J connectivity index is 1.76. The highest BCUT2D eigenvalue weighted by molar-refractivity contribution is 5.73. The van der Waals surface area contributed by atoms with E-state index >= 15 is 0 Å². The maximum Gasteiger partial charge on any atom is 0.419 e. The van der Waals surface area contributed by atoms with Gasteiger partial charge in [-0.2, -0.15) is 13.2 Å². The van der Waals surface area contributed by atoms with E-state index < -0.39 is 41.1 Å². The second-order valence-electron chi connectivity index (χ2n) is 6.21. The Morgan fingerprint density at radius 2 is 1.31 bits per heavy atom. The first-order valence-corrected chi connectivity index (χ1v) is 8.60. The van der Waals surface area contributed by atoms with Crippen molar-refractivity contribution in [3.63, 3.8) is 0 Å². The first kappa shape index (κ1) is 22.3. The van der Waals surface area contributed by atoms with Crippen molar-refractivity contribution in [3.05, 3.63) is 59.2 Å². The molecule has 0 aromatic heterocycles. The van der Waals surface area contributed by atoms with E-state index in [1.54, 1.807) is 0 Å². The number of carbonyl (C=O) groups excluding carboxylic acids is 2. The van der Waals surface area contributed by atoms with Gasteiger partial charge < -0.3 is 9.47 Å². The maximum atomic E-state index is 13.2. The first-order chi connectivity index (χ1) is 13.6. The summed E-state index contributed by atoms with van der Waals surface area (Å²) in [4.78, 5) is 23.4. The van der Waals surface area contributed by atoms with Crippen LogP contribution < -0.4 is 9.47 Å². The van der Waals surface area contributed by atoms with E-state index in [1.807, 2.05) is 0 Å². The summed E-state index contributed by atoms with van der Waals surface area (Å²) in [6.45, 7) is 1.52. The molecule has 0 aliphatic heterocycles. The van der Waals surface area contributed by atoms with E-state index in [9.17, 15) is 31.5 Å². The third-order valence-electron chi connectivity index (χ3n) is 3.85. The van der Waals surface area contributed by atoms with Gasteiger partial charge in [-0.1, -0.05) is 0 Å². The van der Waals surface area contributed by atoms with Gasteiger partial charge in [-0.05, 0) is 61.7 Å². The third kappa shape index (κ3) is 6.85. The second kappa shape index (κ2) is 9.49. The number of halogens is 5. The molecule has 2 aromatic rings. The van der Waals surface area contributed by atoms with Crippen LogP contribution in [-0.4, -0.2) is 11.9 Å². The lowest BCUT2D eigenvalue weighted by atomic mass is 10.2. The Morgan fingerprint density at radius 3 is 1.79 bits per heavy atom. The molecule has 0 heterocycles. The molecule has 0 saturated carbocycles. The van der Waals surface area contributed by atoms with Gasteiger partial charge in [-0.3, -0.25) is 9.59 Å². The van der Waals surface area contributed by atoms with E-state index in [1.165, 1.54) is 25.1 Å². The molecule has 0 radical (unpaired) electrons. The van der Waals surface area contributed by atoms with E-state index in [4.69, 9.17) is 9.47 Å². The summed E-state index contributed by atoms with van der Waals surface area (Å²) in [6.07, 6.45) is -4.58. The van der Waals surface area contributed by atoms with Gasteiger partial charge in [-0.25, -0.2) is 8.78 Å². The largest absolute Gasteiger partial charge is 0.427 e. The molecule has 0 unspecified atom stereocenters. The molecule has 0 fully saturated rings. The lowest BCUT2D eigenvalue weighted by Gasteiger charge is -2.10. The summed E-state index contributed by atoms with van der Waals surface area (Å²) in [7, 11) is 0. The lowest BCUT2D eigenvalue weighted by Crippen LogP contribution is -2.12. The van der Waals surface area contributed by atoms with E-state index in [0.29, 0.717) is 17.7 Å². The van der Waals surface area contributed by atoms with Gasteiger partial charge in [0.05, 0.1) is 5.56 Å². The number of hydrogen-bond donors (Lipinski definition) is 0. The minimum Gasteiger partial charge on any atom is -0.427 e. The van der Waals surface area contributed by atoms with Crippen molar-refractivity contribution in [2.45, 2.75) is 38.8 Å². The molecule has 9 heteroatoms. The summed E-state index contributed by atoms with van der Waals surface area (Å²) in [5.41, 5.74) is -1.20. The highest BCUT2D eigenvalue weighted by Gasteiger charge is 2.34. The summed E-state index contributed by atoms with van der Waals surface area (Å²) >= 11 is 0. The molecule has 2 aromatic carbocycles. The number of benzene rings is 2. The van der Waals surface area contributed by atoms with Gasteiger partial charge in [0.25, 0.3) is 0 Å². The molecule has 0 aliphatic carbocycles. The minimum atomic E-state index is -4.91. The molecule has 0 atom stereocenters. The Hall–Kier alpha value is -2.97. The van der Waals surface area contributed by atoms with Crippen LogP contribution in [0.5, 0.6) is 11.5 Å². The van der Waals surface area contributed by atoms with Gasteiger partial charge >= 0.3 is 18.1 Å². The van der Waals surface area contributed by atoms with Crippen LogP contribution in [0.4, 0.5) is 22.0 Å². The smallest absolute Gasteiger partial charge is 0.419 e. The first-order valence-electron chi connectivity index (χ1n) is 8.60. The maximum absolute atomic E-state index is 13.2. The molecule has 0 N–H and O–H groups in total. The zero-order chi connectivity index (χ0) is 21.6. The molecule has 4 nitrogen and oxygen atoms in total. The molecule has 0 spiro atoms. The average molecular weight is 416 g/mol. The molecule has 29 heavy (non-hydrogen) atoms. The van der Waals surface area contributed by atoms with Crippen LogP contribution in [0.25, 0.3) is 0 Å². The van der Waals surface area contributed by atoms with Crippen LogP contribution in [0, 0.1) is 18.6 Å². The number of esters is 2. The fourth-order valence-corrected chi connectivity index (χ4v) is 2.37. The number of ether oxygens (including phenoxy) is 2. The molecular formula is C20H17F5O4. The van der Waals surface area contributed by atoms with E-state index in [0.717, 1.165) is 6.07 Å². The summed E-state index contributed by atoms with van der Waals surface area (Å²) in [5, 5.41) is 0. The number of aryl methyl sites for hydroxylation is 1. The zero-order valence-corrected chi connectivity index (χ0v) is 15.3. The fraction of sp³-hybridized carbons (Fsp3) is 0.300. The summed E-state index contributed by atoms with van der Waals surface area (Å²) in [5.74, 6) is -3.50. The predicted octanol–water partition coefficient (Wildman–Crippen LogP) is 5.36. The van der Waals surface area contributed by atoms with Crippen LogP contribution in [0.1, 0.15) is 36.8 Å². The Bertz CT molecular complexity index is 893. The van der Waals surface area contributed by atoms with Crippen LogP contribution in [0.15, 0.2) is 36.4 Å². The van der Waals surface area contributed by atoms with Crippen molar-refractivity contribution < 1.29 is 41.0 Å². The van der Waals surface area contributed by atoms with Gasteiger partial charge in [0.1, 0.15) is 23.1 Å². The van der Waals surface area contributed by atoms with Crippen molar-refractivity contribution in [2.75, 3.05) is 0 Å². The molecule has 0 amide bonds. The quantitative estimate of drug-likeness (QED) is 0.264. The van der Waals surface area contributed by atoms with Gasteiger partial charge in [0, 0.05) is 12.8 Å². The standard InChI is InChI=1S/C20H17F5O4/c1-12-10-13(6-8-16(12)21)28-18(26)4-2-3-5-19(27)29-14-7-9-17(22)15(11-14)20(23,24)25/h6-11H,2-5H2,1H3.